The van der Waals surface area contributed by atoms with E-state index in [9.17, 15) is 0 Å². The molecule has 0 radical (unpaired) electrons. The predicted molar refractivity (Wildman–Crippen MR) is 76.4 cm³/mol. The van der Waals surface area contributed by atoms with Gasteiger partial charge in [0, 0.05) is 6.54 Å². The quantitative estimate of drug-likeness (QED) is 0.640. The number of hydrogen-bond donors (Lipinski definition) is 3. The lowest BCUT2D eigenvalue weighted by molar-refractivity contribution is 0.281. The van der Waals surface area contributed by atoms with Crippen molar-refractivity contribution >= 4 is 28.6 Å². The lowest BCUT2D eigenvalue weighted by atomic mass is 10.1. The summed E-state index contributed by atoms with van der Waals surface area (Å²) in [6, 6.07) is 7.68. The number of aliphatic hydroxyl groups is 1. The number of aliphatic hydroxyl groups excluding tert-OH is 1. The van der Waals surface area contributed by atoms with Gasteiger partial charge in [-0.1, -0.05) is 24.3 Å². The first kappa shape index (κ1) is 12.8. The van der Waals surface area contributed by atoms with Gasteiger partial charge in [0.1, 0.15) is 5.52 Å². The molecule has 0 spiro atoms. The van der Waals surface area contributed by atoms with Crippen molar-refractivity contribution in [3.05, 3.63) is 47.0 Å². The highest BCUT2D eigenvalue weighted by Crippen LogP contribution is 2.19. The molecule has 3 N–H and O–H groups in total. The molecule has 2 heterocycles. The molecule has 0 fully saturated rings. The molecule has 3 rings (SSSR count). The van der Waals surface area contributed by atoms with E-state index in [0.717, 1.165) is 11.1 Å². The van der Waals surface area contributed by atoms with Crippen molar-refractivity contribution in [2.45, 2.75) is 13.2 Å². The number of imidazole rings is 1. The van der Waals surface area contributed by atoms with Crippen molar-refractivity contribution < 1.29 is 5.11 Å². The highest BCUT2D eigenvalue weighted by atomic mass is 35.5. The van der Waals surface area contributed by atoms with Gasteiger partial charge in [-0.3, -0.25) is 0 Å². The number of fused-ring (bicyclic) bond motifs is 1. The summed E-state index contributed by atoms with van der Waals surface area (Å²) >= 11 is 5.86. The van der Waals surface area contributed by atoms with Gasteiger partial charge >= 0.3 is 0 Å². The van der Waals surface area contributed by atoms with Crippen molar-refractivity contribution in [3.63, 3.8) is 0 Å². The normalized spacial score (nSPS) is 10.9. The Morgan fingerprint density at radius 3 is 2.95 bits per heavy atom. The number of aromatic nitrogens is 4. The van der Waals surface area contributed by atoms with Gasteiger partial charge in [-0.15, -0.1) is 0 Å². The van der Waals surface area contributed by atoms with Crippen molar-refractivity contribution in [3.8, 4) is 0 Å². The maximum Gasteiger partial charge on any atom is 0.226 e. The van der Waals surface area contributed by atoms with Gasteiger partial charge in [0.25, 0.3) is 0 Å². The minimum Gasteiger partial charge on any atom is -0.392 e. The molecule has 0 bridgehead atoms. The van der Waals surface area contributed by atoms with E-state index in [0.29, 0.717) is 23.5 Å². The van der Waals surface area contributed by atoms with Gasteiger partial charge in [0.2, 0.25) is 5.28 Å². The van der Waals surface area contributed by atoms with Crippen LogP contribution < -0.4 is 5.32 Å². The number of benzene rings is 1. The summed E-state index contributed by atoms with van der Waals surface area (Å²) in [7, 11) is 0. The molecule has 0 aliphatic carbocycles. The summed E-state index contributed by atoms with van der Waals surface area (Å²) in [5.74, 6) is 0.604. The molecule has 0 amide bonds. The molecule has 0 aliphatic rings. The molecule has 0 aliphatic heterocycles. The molecule has 102 valence electrons. The van der Waals surface area contributed by atoms with Crippen LogP contribution in [0.15, 0.2) is 30.6 Å². The second-order valence-corrected chi connectivity index (χ2v) is 4.61. The molecule has 0 unspecified atom stereocenters. The Kier molecular flexibility index (Phi) is 3.49. The Morgan fingerprint density at radius 1 is 1.25 bits per heavy atom. The van der Waals surface area contributed by atoms with Gasteiger partial charge < -0.3 is 15.4 Å². The zero-order valence-electron chi connectivity index (χ0n) is 10.5. The number of hydrogen-bond acceptors (Lipinski definition) is 5. The summed E-state index contributed by atoms with van der Waals surface area (Å²) < 4.78 is 0. The lowest BCUT2D eigenvalue weighted by Gasteiger charge is -2.07. The molecular formula is C13H12ClN5O. The lowest BCUT2D eigenvalue weighted by Crippen LogP contribution is -2.03. The molecular weight excluding hydrogens is 278 g/mol. The second kappa shape index (κ2) is 5.44. The van der Waals surface area contributed by atoms with Gasteiger partial charge in [-0.25, -0.2) is 4.98 Å². The third-order valence-electron chi connectivity index (χ3n) is 2.89. The molecule has 20 heavy (non-hydrogen) atoms. The van der Waals surface area contributed by atoms with Crippen LogP contribution in [0.4, 0.5) is 5.82 Å². The molecule has 2 aromatic heterocycles. The van der Waals surface area contributed by atoms with Gasteiger partial charge in [0.05, 0.1) is 12.9 Å². The Morgan fingerprint density at radius 2 is 2.10 bits per heavy atom. The Labute approximate surface area is 119 Å². The van der Waals surface area contributed by atoms with E-state index < -0.39 is 0 Å². The molecule has 0 saturated carbocycles. The third kappa shape index (κ3) is 2.56. The summed E-state index contributed by atoms with van der Waals surface area (Å²) in [5, 5.41) is 12.5. The highest BCUT2D eigenvalue weighted by Gasteiger charge is 2.08. The molecule has 7 heteroatoms. The summed E-state index contributed by atoms with van der Waals surface area (Å²) in [6.07, 6.45) is 1.55. The van der Waals surface area contributed by atoms with E-state index in [1.807, 2.05) is 24.3 Å². The average molecular weight is 290 g/mol. The summed E-state index contributed by atoms with van der Waals surface area (Å²) in [4.78, 5) is 15.2. The fourth-order valence-electron chi connectivity index (χ4n) is 1.96. The Balaban J connectivity index is 1.84. The van der Waals surface area contributed by atoms with Crippen LogP contribution in [0.25, 0.3) is 11.2 Å². The SMILES string of the molecule is OCc1cccc(CNc2nc(Cl)nc3nc[nH]c23)c1. The third-order valence-corrected chi connectivity index (χ3v) is 3.06. The largest absolute Gasteiger partial charge is 0.392 e. The van der Waals surface area contributed by atoms with Crippen LogP contribution in [0.2, 0.25) is 5.28 Å². The van der Waals surface area contributed by atoms with Gasteiger partial charge in [-0.05, 0) is 22.7 Å². The van der Waals surface area contributed by atoms with Crippen molar-refractivity contribution in [2.24, 2.45) is 0 Å². The number of rotatable bonds is 4. The smallest absolute Gasteiger partial charge is 0.226 e. The van der Waals surface area contributed by atoms with E-state index in [1.54, 1.807) is 6.33 Å². The number of nitrogens with one attached hydrogen (secondary N) is 2. The minimum absolute atomic E-state index is 0.0258. The molecule has 0 atom stereocenters. The highest BCUT2D eigenvalue weighted by molar-refractivity contribution is 6.28. The van der Waals surface area contributed by atoms with Crippen LogP contribution in [0.5, 0.6) is 0 Å². The second-order valence-electron chi connectivity index (χ2n) is 4.27. The van der Waals surface area contributed by atoms with E-state index >= 15 is 0 Å². The van der Waals surface area contributed by atoms with Gasteiger partial charge in [-0.2, -0.15) is 9.97 Å². The van der Waals surface area contributed by atoms with Crippen LogP contribution in [-0.2, 0) is 13.2 Å². The fourth-order valence-corrected chi connectivity index (χ4v) is 2.12. The van der Waals surface area contributed by atoms with E-state index in [2.05, 4.69) is 25.3 Å². The van der Waals surface area contributed by atoms with Crippen molar-refractivity contribution in [1.82, 2.24) is 19.9 Å². The first-order chi connectivity index (χ1) is 9.76. The van der Waals surface area contributed by atoms with Crippen LogP contribution in [0.3, 0.4) is 0 Å². The first-order valence-corrected chi connectivity index (χ1v) is 6.43. The van der Waals surface area contributed by atoms with Crippen LogP contribution in [-0.4, -0.2) is 25.0 Å². The molecule has 1 aromatic carbocycles. The van der Waals surface area contributed by atoms with E-state index in [1.165, 1.54) is 0 Å². The topological polar surface area (TPSA) is 86.7 Å². The molecule has 0 saturated heterocycles. The zero-order chi connectivity index (χ0) is 13.9. The first-order valence-electron chi connectivity index (χ1n) is 6.05. The monoisotopic (exact) mass is 289 g/mol. The van der Waals surface area contributed by atoms with E-state index in [-0.39, 0.29) is 11.9 Å². The van der Waals surface area contributed by atoms with E-state index in [4.69, 9.17) is 16.7 Å². The summed E-state index contributed by atoms with van der Waals surface area (Å²) in [5.41, 5.74) is 3.15. The van der Waals surface area contributed by atoms with Crippen LogP contribution in [0, 0.1) is 0 Å². The Bertz CT molecular complexity index is 742. The maximum absolute atomic E-state index is 9.13. The number of H-pyrrole nitrogens is 1. The number of nitrogens with zero attached hydrogens (tertiary/aromatic N) is 3. The Hall–Kier alpha value is -2.18. The standard InChI is InChI=1S/C13H12ClN5O/c14-13-18-11(10-12(19-13)17-7-16-10)15-5-8-2-1-3-9(4-8)6-20/h1-4,7,20H,5-6H2,(H2,15,16,17,18,19). The minimum atomic E-state index is 0.0258. The number of aromatic amines is 1. The average Bonchev–Trinajstić information content (AvgIpc) is 2.93. The van der Waals surface area contributed by atoms with Crippen molar-refractivity contribution in [1.29, 1.82) is 0 Å². The predicted octanol–water partition coefficient (Wildman–Crippen LogP) is 2.11. The van der Waals surface area contributed by atoms with Crippen molar-refractivity contribution in [2.75, 3.05) is 5.32 Å². The molecule has 6 nitrogen and oxygen atoms in total. The zero-order valence-corrected chi connectivity index (χ0v) is 11.2. The van der Waals surface area contributed by atoms with Gasteiger partial charge in [0.15, 0.2) is 11.5 Å². The van der Waals surface area contributed by atoms with Crippen LogP contribution >= 0.6 is 11.6 Å². The summed E-state index contributed by atoms with van der Waals surface area (Å²) in [6.45, 7) is 0.591. The van der Waals surface area contributed by atoms with Crippen LogP contribution in [0.1, 0.15) is 11.1 Å². The number of anilines is 1. The number of halogens is 1. The molecule has 3 aromatic rings. The maximum atomic E-state index is 9.13. The fraction of sp³-hybridized carbons (Fsp3) is 0.154.